The Morgan fingerprint density at radius 3 is 2.92 bits per heavy atom. The van der Waals surface area contributed by atoms with Gasteiger partial charge in [0.05, 0.1) is 18.4 Å². The first-order valence-corrected chi connectivity index (χ1v) is 4.00. The quantitative estimate of drug-likeness (QED) is 0.750. The maximum Gasteiger partial charge on any atom is 0.311 e. The highest BCUT2D eigenvalue weighted by Gasteiger charge is 2.19. The molecule has 12 heavy (non-hydrogen) atoms. The Balaban J connectivity index is 2.73. The van der Waals surface area contributed by atoms with Gasteiger partial charge in [-0.1, -0.05) is 13.3 Å². The van der Waals surface area contributed by atoms with Crippen LogP contribution in [0.25, 0.3) is 0 Å². The van der Waals surface area contributed by atoms with Gasteiger partial charge in [0.1, 0.15) is 0 Å². The number of rotatable bonds is 4. The summed E-state index contributed by atoms with van der Waals surface area (Å²) in [5.41, 5.74) is 0.754. The van der Waals surface area contributed by atoms with Gasteiger partial charge in [-0.25, -0.2) is 0 Å². The Hall–Kier alpha value is -1.25. The molecule has 0 aromatic carbocycles. The molecule has 0 saturated carbocycles. The lowest BCUT2D eigenvalue weighted by molar-refractivity contribution is -0.139. The van der Waals surface area contributed by atoms with Crippen LogP contribution in [0.2, 0.25) is 0 Å². The van der Waals surface area contributed by atoms with Crippen molar-refractivity contribution in [2.45, 2.75) is 25.7 Å². The summed E-state index contributed by atoms with van der Waals surface area (Å²) in [5.74, 6) is -1.19. The molecular weight excluding hydrogens is 156 g/mol. The second-order valence-electron chi connectivity index (χ2n) is 2.74. The Morgan fingerprint density at radius 1 is 1.75 bits per heavy atom. The highest BCUT2D eigenvalue weighted by Crippen LogP contribution is 2.21. The molecule has 66 valence electrons. The van der Waals surface area contributed by atoms with Crippen LogP contribution in [0.3, 0.4) is 0 Å². The SMILES string of the molecule is CCCC(C(=O)O)c1ccoc1. The molecule has 0 radical (unpaired) electrons. The van der Waals surface area contributed by atoms with E-state index in [-0.39, 0.29) is 0 Å². The van der Waals surface area contributed by atoms with Gasteiger partial charge in [-0.15, -0.1) is 0 Å². The maximum absolute atomic E-state index is 10.7. The van der Waals surface area contributed by atoms with Crippen LogP contribution in [-0.2, 0) is 4.79 Å². The van der Waals surface area contributed by atoms with E-state index in [2.05, 4.69) is 0 Å². The molecule has 1 unspecified atom stereocenters. The van der Waals surface area contributed by atoms with E-state index in [9.17, 15) is 4.79 Å². The Labute approximate surface area is 71.0 Å². The highest BCUT2D eigenvalue weighted by atomic mass is 16.4. The molecule has 0 aliphatic carbocycles. The molecule has 1 atom stereocenters. The number of hydrogen-bond acceptors (Lipinski definition) is 2. The van der Waals surface area contributed by atoms with Crippen LogP contribution in [0.1, 0.15) is 31.2 Å². The lowest BCUT2D eigenvalue weighted by atomic mass is 9.97. The van der Waals surface area contributed by atoms with Crippen LogP contribution >= 0.6 is 0 Å². The summed E-state index contributed by atoms with van der Waals surface area (Å²) >= 11 is 0. The second-order valence-corrected chi connectivity index (χ2v) is 2.74. The van der Waals surface area contributed by atoms with E-state index < -0.39 is 11.9 Å². The fourth-order valence-corrected chi connectivity index (χ4v) is 1.19. The van der Waals surface area contributed by atoms with E-state index in [1.165, 1.54) is 12.5 Å². The number of hydrogen-bond donors (Lipinski definition) is 1. The summed E-state index contributed by atoms with van der Waals surface area (Å²) in [6, 6.07) is 1.70. The average Bonchev–Trinajstić information content (AvgIpc) is 2.51. The van der Waals surface area contributed by atoms with Crippen molar-refractivity contribution in [1.82, 2.24) is 0 Å². The van der Waals surface area contributed by atoms with E-state index in [0.717, 1.165) is 12.0 Å². The van der Waals surface area contributed by atoms with E-state index >= 15 is 0 Å². The molecule has 3 nitrogen and oxygen atoms in total. The van der Waals surface area contributed by atoms with Gasteiger partial charge in [0.25, 0.3) is 0 Å². The summed E-state index contributed by atoms with van der Waals surface area (Å²) in [6.07, 6.45) is 4.52. The van der Waals surface area contributed by atoms with Gasteiger partial charge in [0.2, 0.25) is 0 Å². The van der Waals surface area contributed by atoms with Crippen LogP contribution in [0, 0.1) is 0 Å². The van der Waals surface area contributed by atoms with Gasteiger partial charge in [-0.05, 0) is 12.5 Å². The van der Waals surface area contributed by atoms with Crippen molar-refractivity contribution in [2.75, 3.05) is 0 Å². The third-order valence-corrected chi connectivity index (χ3v) is 1.82. The first-order chi connectivity index (χ1) is 5.75. The number of carbonyl (C=O) groups is 1. The van der Waals surface area contributed by atoms with E-state index in [1.807, 2.05) is 6.92 Å². The lowest BCUT2D eigenvalue weighted by Crippen LogP contribution is -2.10. The molecule has 1 N–H and O–H groups in total. The predicted octanol–water partition coefficient (Wildman–Crippen LogP) is 2.25. The van der Waals surface area contributed by atoms with Crippen LogP contribution in [0.5, 0.6) is 0 Å². The van der Waals surface area contributed by atoms with E-state index in [4.69, 9.17) is 9.52 Å². The minimum atomic E-state index is -0.779. The van der Waals surface area contributed by atoms with Gasteiger partial charge >= 0.3 is 5.97 Å². The third-order valence-electron chi connectivity index (χ3n) is 1.82. The smallest absolute Gasteiger partial charge is 0.311 e. The second kappa shape index (κ2) is 3.95. The highest BCUT2D eigenvalue weighted by molar-refractivity contribution is 5.75. The van der Waals surface area contributed by atoms with Crippen molar-refractivity contribution in [3.05, 3.63) is 24.2 Å². The van der Waals surface area contributed by atoms with E-state index in [0.29, 0.717) is 6.42 Å². The molecule has 3 heteroatoms. The molecule has 0 aliphatic heterocycles. The fourth-order valence-electron chi connectivity index (χ4n) is 1.19. The van der Waals surface area contributed by atoms with Gasteiger partial charge in [0.15, 0.2) is 0 Å². The van der Waals surface area contributed by atoms with Crippen LogP contribution in [0.15, 0.2) is 23.0 Å². The summed E-state index contributed by atoms with van der Waals surface area (Å²) in [6.45, 7) is 1.97. The van der Waals surface area contributed by atoms with Crippen LogP contribution < -0.4 is 0 Å². The molecule has 0 fully saturated rings. The third kappa shape index (κ3) is 1.87. The zero-order valence-corrected chi connectivity index (χ0v) is 6.99. The topological polar surface area (TPSA) is 50.4 Å². The Morgan fingerprint density at radius 2 is 2.50 bits per heavy atom. The largest absolute Gasteiger partial charge is 0.481 e. The van der Waals surface area contributed by atoms with Gasteiger partial charge < -0.3 is 9.52 Å². The van der Waals surface area contributed by atoms with Crippen molar-refractivity contribution < 1.29 is 14.3 Å². The monoisotopic (exact) mass is 168 g/mol. The summed E-state index contributed by atoms with van der Waals surface area (Å²) in [7, 11) is 0. The first-order valence-electron chi connectivity index (χ1n) is 4.00. The van der Waals surface area contributed by atoms with Gasteiger partial charge in [-0.2, -0.15) is 0 Å². The molecule has 1 aromatic rings. The molecule has 1 aromatic heterocycles. The predicted molar refractivity (Wildman–Crippen MR) is 44.0 cm³/mol. The Bertz CT molecular complexity index is 238. The Kier molecular flexibility index (Phi) is 2.91. The number of aliphatic carboxylic acids is 1. The molecule has 1 heterocycles. The van der Waals surface area contributed by atoms with Gasteiger partial charge in [0, 0.05) is 5.56 Å². The molecule has 0 bridgehead atoms. The van der Waals surface area contributed by atoms with Crippen molar-refractivity contribution in [2.24, 2.45) is 0 Å². The van der Waals surface area contributed by atoms with Crippen LogP contribution in [-0.4, -0.2) is 11.1 Å². The minimum Gasteiger partial charge on any atom is -0.481 e. The fraction of sp³-hybridized carbons (Fsp3) is 0.444. The average molecular weight is 168 g/mol. The zero-order chi connectivity index (χ0) is 8.97. The van der Waals surface area contributed by atoms with Crippen molar-refractivity contribution in [3.63, 3.8) is 0 Å². The zero-order valence-electron chi connectivity index (χ0n) is 6.99. The lowest BCUT2D eigenvalue weighted by Gasteiger charge is -2.07. The number of furan rings is 1. The molecule has 0 saturated heterocycles. The molecule has 0 amide bonds. The molecule has 0 aliphatic rings. The molecule has 0 spiro atoms. The van der Waals surface area contributed by atoms with Crippen molar-refractivity contribution in [1.29, 1.82) is 0 Å². The van der Waals surface area contributed by atoms with E-state index in [1.54, 1.807) is 6.07 Å². The number of carboxylic acid groups (broad SMARTS) is 1. The molecular formula is C9H12O3. The summed E-state index contributed by atoms with van der Waals surface area (Å²) in [5, 5.41) is 8.83. The molecule has 1 rings (SSSR count). The number of carboxylic acids is 1. The minimum absolute atomic E-state index is 0.409. The summed E-state index contributed by atoms with van der Waals surface area (Å²) < 4.78 is 4.83. The summed E-state index contributed by atoms with van der Waals surface area (Å²) in [4.78, 5) is 10.7. The van der Waals surface area contributed by atoms with Crippen LogP contribution in [0.4, 0.5) is 0 Å². The standard InChI is InChI=1S/C9H12O3/c1-2-3-8(9(10)11)7-4-5-12-6-7/h4-6,8H,2-3H2,1H3,(H,10,11). The first kappa shape index (κ1) is 8.84. The normalized spacial score (nSPS) is 12.8. The maximum atomic E-state index is 10.7. The van der Waals surface area contributed by atoms with Crippen molar-refractivity contribution in [3.8, 4) is 0 Å². The van der Waals surface area contributed by atoms with Gasteiger partial charge in [-0.3, -0.25) is 4.79 Å². The van der Waals surface area contributed by atoms with Crippen molar-refractivity contribution >= 4 is 5.97 Å².